The second-order valence-electron chi connectivity index (χ2n) is 2.84. The van der Waals surface area contributed by atoms with Crippen LogP contribution in [0.2, 0.25) is 0 Å². The van der Waals surface area contributed by atoms with Gasteiger partial charge >= 0.3 is 0 Å². The van der Waals surface area contributed by atoms with Gasteiger partial charge in [0.25, 0.3) is 0 Å². The zero-order chi connectivity index (χ0) is 8.97. The van der Waals surface area contributed by atoms with Crippen LogP contribution in [0.4, 0.5) is 5.69 Å². The minimum atomic E-state index is 0.246. The SMILES string of the molecule is Cc1c(N)cnn1CCCCO. The molecule has 0 spiro atoms. The number of hydrogen-bond donors (Lipinski definition) is 2. The van der Waals surface area contributed by atoms with E-state index in [2.05, 4.69) is 5.10 Å². The van der Waals surface area contributed by atoms with Gasteiger partial charge in [-0.3, -0.25) is 4.68 Å². The maximum Gasteiger partial charge on any atom is 0.0730 e. The Kier molecular flexibility index (Phi) is 3.10. The molecule has 0 unspecified atom stereocenters. The van der Waals surface area contributed by atoms with Crippen molar-refractivity contribution in [3.8, 4) is 0 Å². The molecule has 3 N–H and O–H groups in total. The molecular weight excluding hydrogens is 154 g/mol. The number of nitrogens with zero attached hydrogens (tertiary/aromatic N) is 2. The number of rotatable bonds is 4. The lowest BCUT2D eigenvalue weighted by atomic mass is 10.3. The Morgan fingerprint density at radius 2 is 2.33 bits per heavy atom. The Bertz CT molecular complexity index is 244. The molecule has 1 aromatic rings. The van der Waals surface area contributed by atoms with Crippen molar-refractivity contribution in [2.75, 3.05) is 12.3 Å². The third-order valence-electron chi connectivity index (χ3n) is 1.92. The molecule has 0 aliphatic rings. The first-order valence-corrected chi connectivity index (χ1v) is 4.14. The number of unbranched alkanes of at least 4 members (excludes halogenated alkanes) is 1. The summed E-state index contributed by atoms with van der Waals surface area (Å²) >= 11 is 0. The molecule has 0 amide bonds. The van der Waals surface area contributed by atoms with Gasteiger partial charge in [-0.1, -0.05) is 0 Å². The second kappa shape index (κ2) is 4.11. The third kappa shape index (κ3) is 1.98. The summed E-state index contributed by atoms with van der Waals surface area (Å²) < 4.78 is 1.87. The second-order valence-corrected chi connectivity index (χ2v) is 2.84. The van der Waals surface area contributed by atoms with E-state index in [9.17, 15) is 0 Å². The van der Waals surface area contributed by atoms with Crippen LogP contribution in [0.15, 0.2) is 6.20 Å². The lowest BCUT2D eigenvalue weighted by Gasteiger charge is -2.02. The Labute approximate surface area is 72.0 Å². The molecule has 12 heavy (non-hydrogen) atoms. The first kappa shape index (κ1) is 9.06. The summed E-state index contributed by atoms with van der Waals surface area (Å²) in [4.78, 5) is 0. The standard InChI is InChI=1S/C8H15N3O/c1-7-8(9)6-10-11(7)4-2-3-5-12/h6,12H,2-5,9H2,1H3. The van der Waals surface area contributed by atoms with Crippen molar-refractivity contribution in [1.29, 1.82) is 0 Å². The number of nitrogen functional groups attached to an aromatic ring is 1. The molecule has 4 nitrogen and oxygen atoms in total. The lowest BCUT2D eigenvalue weighted by Crippen LogP contribution is -2.03. The van der Waals surface area contributed by atoms with E-state index in [1.165, 1.54) is 0 Å². The summed E-state index contributed by atoms with van der Waals surface area (Å²) in [5, 5.41) is 12.7. The lowest BCUT2D eigenvalue weighted by molar-refractivity contribution is 0.280. The van der Waals surface area contributed by atoms with Crippen molar-refractivity contribution in [2.45, 2.75) is 26.3 Å². The van der Waals surface area contributed by atoms with E-state index in [1.807, 2.05) is 11.6 Å². The van der Waals surface area contributed by atoms with Crippen LogP contribution in [-0.2, 0) is 6.54 Å². The molecule has 0 aromatic carbocycles. The molecule has 1 aromatic heterocycles. The molecule has 0 atom stereocenters. The molecule has 0 radical (unpaired) electrons. The van der Waals surface area contributed by atoms with Gasteiger partial charge in [0.15, 0.2) is 0 Å². The highest BCUT2D eigenvalue weighted by molar-refractivity contribution is 5.39. The normalized spacial score (nSPS) is 10.5. The van der Waals surface area contributed by atoms with Crippen molar-refractivity contribution in [3.05, 3.63) is 11.9 Å². The minimum Gasteiger partial charge on any atom is -0.396 e. The molecule has 4 heteroatoms. The maximum absolute atomic E-state index is 8.56. The summed E-state index contributed by atoms with van der Waals surface area (Å²) in [5.41, 5.74) is 7.35. The van der Waals surface area contributed by atoms with E-state index in [0.29, 0.717) is 0 Å². The molecule has 68 valence electrons. The first-order chi connectivity index (χ1) is 5.75. The number of hydrogen-bond acceptors (Lipinski definition) is 3. The average molecular weight is 169 g/mol. The highest BCUT2D eigenvalue weighted by Crippen LogP contribution is 2.08. The van der Waals surface area contributed by atoms with Gasteiger partial charge in [0.2, 0.25) is 0 Å². The van der Waals surface area contributed by atoms with E-state index in [4.69, 9.17) is 10.8 Å². The Hall–Kier alpha value is -1.03. The van der Waals surface area contributed by atoms with E-state index in [0.717, 1.165) is 30.8 Å². The number of anilines is 1. The van der Waals surface area contributed by atoms with Crippen LogP contribution >= 0.6 is 0 Å². The zero-order valence-corrected chi connectivity index (χ0v) is 7.32. The molecule has 1 rings (SSSR count). The van der Waals surface area contributed by atoms with Gasteiger partial charge in [-0.15, -0.1) is 0 Å². The van der Waals surface area contributed by atoms with E-state index in [1.54, 1.807) is 6.20 Å². The summed E-state index contributed by atoms with van der Waals surface area (Å²) in [6.07, 6.45) is 3.42. The van der Waals surface area contributed by atoms with Crippen molar-refractivity contribution < 1.29 is 5.11 Å². The van der Waals surface area contributed by atoms with Crippen molar-refractivity contribution in [1.82, 2.24) is 9.78 Å². The van der Waals surface area contributed by atoms with Gasteiger partial charge in [-0.25, -0.2) is 0 Å². The van der Waals surface area contributed by atoms with Crippen LogP contribution in [0.3, 0.4) is 0 Å². The number of aliphatic hydroxyl groups is 1. The fourth-order valence-corrected chi connectivity index (χ4v) is 1.06. The maximum atomic E-state index is 8.56. The van der Waals surface area contributed by atoms with Gasteiger partial charge < -0.3 is 10.8 Å². The van der Waals surface area contributed by atoms with Gasteiger partial charge in [0.1, 0.15) is 0 Å². The molecule has 0 saturated heterocycles. The molecular formula is C8H15N3O. The van der Waals surface area contributed by atoms with Gasteiger partial charge in [0, 0.05) is 13.2 Å². The Morgan fingerprint density at radius 3 is 2.83 bits per heavy atom. The summed E-state index contributed by atoms with van der Waals surface area (Å²) in [5.74, 6) is 0. The van der Waals surface area contributed by atoms with Crippen molar-refractivity contribution in [3.63, 3.8) is 0 Å². The van der Waals surface area contributed by atoms with Crippen molar-refractivity contribution in [2.24, 2.45) is 0 Å². The zero-order valence-electron chi connectivity index (χ0n) is 7.32. The quantitative estimate of drug-likeness (QED) is 0.647. The topological polar surface area (TPSA) is 64.1 Å². The molecule has 0 aliphatic heterocycles. The van der Waals surface area contributed by atoms with E-state index in [-0.39, 0.29) is 6.61 Å². The fourth-order valence-electron chi connectivity index (χ4n) is 1.06. The number of nitrogens with two attached hydrogens (primary N) is 1. The third-order valence-corrected chi connectivity index (χ3v) is 1.92. The van der Waals surface area contributed by atoms with Crippen LogP contribution in [0.5, 0.6) is 0 Å². The molecule has 1 heterocycles. The molecule has 0 aliphatic carbocycles. The summed E-state index contributed by atoms with van der Waals surface area (Å²) in [6.45, 7) is 3.03. The summed E-state index contributed by atoms with van der Waals surface area (Å²) in [6, 6.07) is 0. The van der Waals surface area contributed by atoms with E-state index < -0.39 is 0 Å². The van der Waals surface area contributed by atoms with E-state index >= 15 is 0 Å². The Morgan fingerprint density at radius 1 is 1.58 bits per heavy atom. The number of aromatic nitrogens is 2. The molecule has 0 fully saturated rings. The smallest absolute Gasteiger partial charge is 0.0730 e. The van der Waals surface area contributed by atoms with Gasteiger partial charge in [0.05, 0.1) is 17.6 Å². The highest BCUT2D eigenvalue weighted by atomic mass is 16.2. The predicted molar refractivity (Wildman–Crippen MR) is 47.7 cm³/mol. The largest absolute Gasteiger partial charge is 0.396 e. The van der Waals surface area contributed by atoms with Crippen LogP contribution in [0.25, 0.3) is 0 Å². The van der Waals surface area contributed by atoms with Crippen LogP contribution < -0.4 is 5.73 Å². The first-order valence-electron chi connectivity index (χ1n) is 4.14. The van der Waals surface area contributed by atoms with Gasteiger partial charge in [-0.2, -0.15) is 5.10 Å². The van der Waals surface area contributed by atoms with Crippen LogP contribution in [0, 0.1) is 6.92 Å². The number of aliphatic hydroxyl groups excluding tert-OH is 1. The molecule has 0 bridgehead atoms. The van der Waals surface area contributed by atoms with Gasteiger partial charge in [-0.05, 0) is 19.8 Å². The summed E-state index contributed by atoms with van der Waals surface area (Å²) in [7, 11) is 0. The number of aryl methyl sites for hydroxylation is 1. The minimum absolute atomic E-state index is 0.246. The monoisotopic (exact) mass is 169 g/mol. The van der Waals surface area contributed by atoms with Crippen LogP contribution in [0.1, 0.15) is 18.5 Å². The molecule has 0 saturated carbocycles. The average Bonchev–Trinajstić information content (AvgIpc) is 2.36. The highest BCUT2D eigenvalue weighted by Gasteiger charge is 2.00. The van der Waals surface area contributed by atoms with Crippen LogP contribution in [-0.4, -0.2) is 21.5 Å². The fraction of sp³-hybridized carbons (Fsp3) is 0.625. The predicted octanol–water partition coefficient (Wildman–Crippen LogP) is 0.546. The Balaban J connectivity index is 2.46. The van der Waals surface area contributed by atoms with Crippen molar-refractivity contribution >= 4 is 5.69 Å².